The Labute approximate surface area is 117 Å². The number of hydrogen-bond acceptors (Lipinski definition) is 7. The Hall–Kier alpha value is -2.04. The first-order valence-electron chi connectivity index (χ1n) is 6.23. The molecule has 4 atom stereocenters. The monoisotopic (exact) mass is 299 g/mol. The summed E-state index contributed by atoms with van der Waals surface area (Å²) < 4.78 is 21.7. The van der Waals surface area contributed by atoms with Gasteiger partial charge in [-0.2, -0.15) is 4.98 Å². The number of aliphatic hydroxyl groups excluding tert-OH is 2. The van der Waals surface area contributed by atoms with E-state index >= 15 is 0 Å². The molecule has 4 N–H and O–H groups in total. The highest BCUT2D eigenvalue weighted by atomic mass is 19.1. The lowest BCUT2D eigenvalue weighted by Crippen LogP contribution is -2.30. The molecule has 0 saturated carbocycles. The Kier molecular flexibility index (Phi) is 3.15. The van der Waals surface area contributed by atoms with Crippen molar-refractivity contribution >= 4 is 17.1 Å². The van der Waals surface area contributed by atoms with E-state index in [1.54, 1.807) is 0 Å². The molecule has 3 heterocycles. The van der Waals surface area contributed by atoms with Crippen LogP contribution in [-0.4, -0.2) is 54.3 Å². The van der Waals surface area contributed by atoms with Crippen molar-refractivity contribution in [3.8, 4) is 0 Å². The molecule has 0 aliphatic carbocycles. The van der Waals surface area contributed by atoms with Crippen LogP contribution in [0.4, 0.5) is 10.3 Å². The molecule has 0 amide bonds. The van der Waals surface area contributed by atoms with Crippen molar-refractivity contribution < 1.29 is 19.3 Å². The van der Waals surface area contributed by atoms with Crippen LogP contribution in [-0.2, 0) is 11.8 Å². The van der Waals surface area contributed by atoms with Gasteiger partial charge in [0.1, 0.15) is 12.2 Å². The zero-order valence-corrected chi connectivity index (χ0v) is 11.0. The molecule has 21 heavy (non-hydrogen) atoms. The molecule has 1 fully saturated rings. The molecule has 0 bridgehead atoms. The van der Waals surface area contributed by atoms with Crippen molar-refractivity contribution in [1.82, 2.24) is 19.1 Å². The molecule has 2 aromatic rings. The fourth-order valence-corrected chi connectivity index (χ4v) is 2.33. The van der Waals surface area contributed by atoms with Gasteiger partial charge in [0.25, 0.3) is 5.56 Å². The number of anilines is 1. The van der Waals surface area contributed by atoms with Crippen LogP contribution < -0.4 is 11.3 Å². The molecule has 9 nitrogen and oxygen atoms in total. The van der Waals surface area contributed by atoms with E-state index in [1.807, 2.05) is 0 Å². The Balaban J connectivity index is 2.12. The van der Waals surface area contributed by atoms with Crippen LogP contribution in [0.3, 0.4) is 0 Å². The maximum atomic E-state index is 14.1. The van der Waals surface area contributed by atoms with Gasteiger partial charge in [-0.15, -0.1) is 0 Å². The van der Waals surface area contributed by atoms with Crippen LogP contribution >= 0.6 is 0 Å². The number of fused-ring (bicyclic) bond motifs is 1. The summed E-state index contributed by atoms with van der Waals surface area (Å²) in [7, 11) is 1.44. The highest BCUT2D eigenvalue weighted by molar-refractivity contribution is 5.71. The zero-order chi connectivity index (χ0) is 15.3. The van der Waals surface area contributed by atoms with E-state index in [-0.39, 0.29) is 17.1 Å². The first-order valence-corrected chi connectivity index (χ1v) is 6.23. The maximum absolute atomic E-state index is 14.1. The van der Waals surface area contributed by atoms with Gasteiger partial charge in [-0.1, -0.05) is 0 Å². The topological polar surface area (TPSA) is 128 Å². The number of halogens is 1. The Morgan fingerprint density at radius 2 is 2.29 bits per heavy atom. The van der Waals surface area contributed by atoms with Crippen LogP contribution in [0.5, 0.6) is 0 Å². The van der Waals surface area contributed by atoms with Crippen molar-refractivity contribution in [1.29, 1.82) is 0 Å². The minimum Gasteiger partial charge on any atom is -0.394 e. The van der Waals surface area contributed by atoms with Crippen molar-refractivity contribution in [3.05, 3.63) is 16.7 Å². The summed E-state index contributed by atoms with van der Waals surface area (Å²) >= 11 is 0. The maximum Gasteiger partial charge on any atom is 0.282 e. The van der Waals surface area contributed by atoms with Gasteiger partial charge in [0.05, 0.1) is 12.9 Å². The average Bonchev–Trinajstić information content (AvgIpc) is 2.99. The molecule has 0 radical (unpaired) electrons. The molecular weight excluding hydrogens is 285 g/mol. The lowest BCUT2D eigenvalue weighted by atomic mass is 10.1. The molecule has 1 saturated heterocycles. The summed E-state index contributed by atoms with van der Waals surface area (Å²) in [5, 5.41) is 18.7. The molecule has 0 unspecified atom stereocenters. The summed E-state index contributed by atoms with van der Waals surface area (Å²) in [4.78, 5) is 19.9. The SMILES string of the molecule is Cn1c(N)nc2c(ncn2[C@@H]2O[C@H](CO)[C@@H](O)[C@@H]2F)c1=O. The van der Waals surface area contributed by atoms with Gasteiger partial charge in [0.2, 0.25) is 5.95 Å². The van der Waals surface area contributed by atoms with E-state index in [0.29, 0.717) is 0 Å². The predicted octanol–water partition coefficient (Wildman–Crippen LogP) is -1.70. The Bertz CT molecular complexity index is 744. The Morgan fingerprint density at radius 3 is 2.90 bits per heavy atom. The van der Waals surface area contributed by atoms with Crippen LogP contribution in [0, 0.1) is 0 Å². The molecule has 2 aromatic heterocycles. The van der Waals surface area contributed by atoms with Crippen molar-refractivity contribution in [3.63, 3.8) is 0 Å². The number of aromatic nitrogens is 4. The third-order valence-electron chi connectivity index (χ3n) is 3.59. The minimum atomic E-state index is -1.79. The normalized spacial score (nSPS) is 29.3. The number of alkyl halides is 1. The van der Waals surface area contributed by atoms with E-state index in [4.69, 9.17) is 15.6 Å². The summed E-state index contributed by atoms with van der Waals surface area (Å²) in [6.07, 6.45) is -4.34. The van der Waals surface area contributed by atoms with E-state index in [0.717, 1.165) is 4.57 Å². The van der Waals surface area contributed by atoms with Gasteiger partial charge in [-0.05, 0) is 0 Å². The summed E-state index contributed by atoms with van der Waals surface area (Å²) in [6, 6.07) is 0. The minimum absolute atomic E-state index is 0.0180. The quantitative estimate of drug-likeness (QED) is 0.603. The van der Waals surface area contributed by atoms with Crippen molar-refractivity contribution in [2.75, 3.05) is 12.3 Å². The van der Waals surface area contributed by atoms with Crippen LogP contribution in [0.2, 0.25) is 0 Å². The third kappa shape index (κ3) is 1.91. The number of rotatable bonds is 2. The molecule has 1 aliphatic rings. The standard InChI is InChI=1S/C11H14FN5O4/c1-16-9(20)6-8(15-11(16)13)17(3-14-6)10-5(12)7(19)4(2-18)21-10/h3-5,7,10,18-19H,2H2,1H3,(H2,13,15)/t4-,5+,7-,10-/m1/s1. The molecule has 0 aromatic carbocycles. The fourth-order valence-electron chi connectivity index (χ4n) is 2.33. The molecule has 1 aliphatic heterocycles. The second-order valence-electron chi connectivity index (χ2n) is 4.84. The number of hydrogen-bond donors (Lipinski definition) is 3. The molecular formula is C11H14FN5O4. The number of nitrogens with two attached hydrogens (primary N) is 1. The fraction of sp³-hybridized carbons (Fsp3) is 0.545. The lowest BCUT2D eigenvalue weighted by molar-refractivity contribution is -0.0459. The van der Waals surface area contributed by atoms with Gasteiger partial charge in [0, 0.05) is 7.05 Å². The highest BCUT2D eigenvalue weighted by Crippen LogP contribution is 2.33. The first kappa shape index (κ1) is 13.9. The molecule has 0 spiro atoms. The second kappa shape index (κ2) is 4.76. The summed E-state index contributed by atoms with van der Waals surface area (Å²) in [5.41, 5.74) is 5.23. The molecule has 114 valence electrons. The number of ether oxygens (including phenoxy) is 1. The molecule has 10 heteroatoms. The van der Waals surface area contributed by atoms with Gasteiger partial charge in [-0.25, -0.2) is 9.37 Å². The second-order valence-corrected chi connectivity index (χ2v) is 4.84. The van der Waals surface area contributed by atoms with Gasteiger partial charge < -0.3 is 20.7 Å². The molecule has 3 rings (SSSR count). The van der Waals surface area contributed by atoms with E-state index in [1.165, 1.54) is 17.9 Å². The number of nitrogen functional groups attached to an aromatic ring is 1. The average molecular weight is 299 g/mol. The first-order chi connectivity index (χ1) is 9.95. The summed E-state index contributed by atoms with van der Waals surface area (Å²) in [6.45, 7) is -0.526. The number of imidazole rings is 1. The third-order valence-corrected chi connectivity index (χ3v) is 3.59. The number of aliphatic hydroxyl groups is 2. The van der Waals surface area contributed by atoms with E-state index in [9.17, 15) is 14.3 Å². The van der Waals surface area contributed by atoms with Crippen LogP contribution in [0.15, 0.2) is 11.1 Å². The van der Waals surface area contributed by atoms with Gasteiger partial charge >= 0.3 is 0 Å². The highest BCUT2D eigenvalue weighted by Gasteiger charge is 2.45. The van der Waals surface area contributed by atoms with Crippen LogP contribution in [0.25, 0.3) is 11.2 Å². The predicted molar refractivity (Wildman–Crippen MR) is 69.1 cm³/mol. The van der Waals surface area contributed by atoms with E-state index in [2.05, 4.69) is 9.97 Å². The largest absolute Gasteiger partial charge is 0.394 e. The van der Waals surface area contributed by atoms with Gasteiger partial charge in [-0.3, -0.25) is 13.9 Å². The summed E-state index contributed by atoms with van der Waals surface area (Å²) in [5.74, 6) is -0.0538. The zero-order valence-electron chi connectivity index (χ0n) is 11.0. The number of nitrogens with zero attached hydrogens (tertiary/aromatic N) is 4. The van der Waals surface area contributed by atoms with E-state index < -0.39 is 36.8 Å². The Morgan fingerprint density at radius 1 is 1.57 bits per heavy atom. The van der Waals surface area contributed by atoms with Gasteiger partial charge in [0.15, 0.2) is 23.6 Å². The van der Waals surface area contributed by atoms with Crippen molar-refractivity contribution in [2.45, 2.75) is 24.6 Å². The van der Waals surface area contributed by atoms with Crippen molar-refractivity contribution in [2.24, 2.45) is 7.05 Å². The smallest absolute Gasteiger partial charge is 0.282 e. The lowest BCUT2D eigenvalue weighted by Gasteiger charge is -2.15. The van der Waals surface area contributed by atoms with Crippen LogP contribution in [0.1, 0.15) is 6.23 Å².